The highest BCUT2D eigenvalue weighted by Crippen LogP contribution is 2.20. The van der Waals surface area contributed by atoms with Crippen molar-refractivity contribution in [3.8, 4) is 0 Å². The topological polar surface area (TPSA) is 70.6 Å². The lowest BCUT2D eigenvalue weighted by molar-refractivity contribution is -0.124. The Kier molecular flexibility index (Phi) is 7.46. The highest BCUT2D eigenvalue weighted by molar-refractivity contribution is 6.33. The lowest BCUT2D eigenvalue weighted by atomic mass is 10.2. The van der Waals surface area contributed by atoms with Crippen molar-refractivity contribution in [2.45, 2.75) is 39.5 Å². The molecule has 0 bridgehead atoms. The van der Waals surface area contributed by atoms with E-state index in [2.05, 4.69) is 15.8 Å². The molecule has 1 aromatic carbocycles. The maximum atomic E-state index is 11.7. The van der Waals surface area contributed by atoms with Crippen LogP contribution in [0.15, 0.2) is 29.4 Å². The van der Waals surface area contributed by atoms with Gasteiger partial charge >= 0.3 is 0 Å². The molecule has 0 atom stereocenters. The van der Waals surface area contributed by atoms with Crippen LogP contribution >= 0.6 is 11.6 Å². The maximum absolute atomic E-state index is 11.7. The second-order valence-electron chi connectivity index (χ2n) is 4.66. The van der Waals surface area contributed by atoms with Gasteiger partial charge in [-0.05, 0) is 25.5 Å². The number of benzene rings is 1. The van der Waals surface area contributed by atoms with Gasteiger partial charge in [-0.1, -0.05) is 37.1 Å². The van der Waals surface area contributed by atoms with E-state index >= 15 is 0 Å². The molecule has 0 spiro atoms. The smallest absolute Gasteiger partial charge is 0.240 e. The van der Waals surface area contributed by atoms with Crippen LogP contribution in [0.4, 0.5) is 5.69 Å². The van der Waals surface area contributed by atoms with Crippen LogP contribution in [0.1, 0.15) is 39.5 Å². The number of halogens is 1. The maximum Gasteiger partial charge on any atom is 0.240 e. The number of carbonyl (C=O) groups excluding carboxylic acids is 2. The third-order valence-electron chi connectivity index (χ3n) is 2.71. The lowest BCUT2D eigenvalue weighted by Crippen LogP contribution is -2.21. The number of nitrogens with zero attached hydrogens (tertiary/aromatic N) is 1. The number of anilines is 1. The highest BCUT2D eigenvalue weighted by Gasteiger charge is 2.08. The Labute approximate surface area is 129 Å². The van der Waals surface area contributed by atoms with Crippen molar-refractivity contribution in [1.29, 1.82) is 0 Å². The molecule has 2 amide bonds. The monoisotopic (exact) mass is 309 g/mol. The van der Waals surface area contributed by atoms with E-state index in [0.29, 0.717) is 10.7 Å². The van der Waals surface area contributed by atoms with Gasteiger partial charge < -0.3 is 5.32 Å². The molecule has 0 fully saturated rings. The Morgan fingerprint density at radius 2 is 1.81 bits per heavy atom. The van der Waals surface area contributed by atoms with Crippen LogP contribution in [0.2, 0.25) is 5.02 Å². The third-order valence-corrected chi connectivity index (χ3v) is 3.04. The molecule has 0 saturated heterocycles. The fraction of sp³-hybridized carbons (Fsp3) is 0.400. The summed E-state index contributed by atoms with van der Waals surface area (Å²) in [5, 5.41) is 7.09. The summed E-state index contributed by atoms with van der Waals surface area (Å²) in [6.45, 7) is 3.90. The van der Waals surface area contributed by atoms with Crippen LogP contribution in [0.5, 0.6) is 0 Å². The molecule has 0 aromatic heterocycles. The molecule has 0 saturated carbocycles. The molecule has 0 aliphatic heterocycles. The number of amides is 2. The van der Waals surface area contributed by atoms with E-state index in [0.717, 1.165) is 18.6 Å². The number of rotatable bonds is 7. The average Bonchev–Trinajstić information content (AvgIpc) is 2.46. The van der Waals surface area contributed by atoms with Gasteiger partial charge in [0.1, 0.15) is 0 Å². The standard InChI is InChI=1S/C15H20ClN3O2/c1-3-6-11(2)18-19-15(21)10-9-14(20)17-13-8-5-4-7-12(13)16/h4-5,7-8H,3,6,9-10H2,1-2H3,(H,17,20)(H,19,21)/b18-11+. The average molecular weight is 310 g/mol. The van der Waals surface area contributed by atoms with E-state index in [-0.39, 0.29) is 24.7 Å². The summed E-state index contributed by atoms with van der Waals surface area (Å²) in [5.74, 6) is -0.535. The Morgan fingerprint density at radius 1 is 1.14 bits per heavy atom. The van der Waals surface area contributed by atoms with Crippen molar-refractivity contribution < 1.29 is 9.59 Å². The van der Waals surface area contributed by atoms with Gasteiger partial charge in [-0.3, -0.25) is 9.59 Å². The van der Waals surface area contributed by atoms with Gasteiger partial charge in [0, 0.05) is 18.6 Å². The largest absolute Gasteiger partial charge is 0.325 e. The number of nitrogens with one attached hydrogen (secondary N) is 2. The van der Waals surface area contributed by atoms with Gasteiger partial charge in [0.2, 0.25) is 11.8 Å². The van der Waals surface area contributed by atoms with E-state index in [4.69, 9.17) is 11.6 Å². The van der Waals surface area contributed by atoms with Gasteiger partial charge in [-0.25, -0.2) is 5.43 Å². The van der Waals surface area contributed by atoms with E-state index in [1.165, 1.54) is 0 Å². The minimum atomic E-state index is -0.278. The van der Waals surface area contributed by atoms with Crippen LogP contribution in [0, 0.1) is 0 Å². The second kappa shape index (κ2) is 9.13. The molecule has 114 valence electrons. The SMILES string of the molecule is CCC/C(C)=N/NC(=O)CCC(=O)Nc1ccccc1Cl. The van der Waals surface area contributed by atoms with Crippen LogP contribution in [-0.4, -0.2) is 17.5 Å². The van der Waals surface area contributed by atoms with Crippen molar-refractivity contribution in [3.05, 3.63) is 29.3 Å². The first-order valence-corrected chi connectivity index (χ1v) is 7.27. The molecule has 0 aliphatic carbocycles. The Morgan fingerprint density at radius 3 is 2.48 bits per heavy atom. The molecule has 0 radical (unpaired) electrons. The Balaban J connectivity index is 2.35. The van der Waals surface area contributed by atoms with Crippen LogP contribution in [0.3, 0.4) is 0 Å². The number of carbonyl (C=O) groups is 2. The van der Waals surface area contributed by atoms with E-state index in [1.807, 2.05) is 13.8 Å². The summed E-state index contributed by atoms with van der Waals surface area (Å²) in [5.41, 5.74) is 3.85. The van der Waals surface area contributed by atoms with E-state index in [1.54, 1.807) is 24.3 Å². The van der Waals surface area contributed by atoms with Gasteiger partial charge in [0.05, 0.1) is 10.7 Å². The first-order valence-electron chi connectivity index (χ1n) is 6.89. The highest BCUT2D eigenvalue weighted by atomic mass is 35.5. The molecule has 6 heteroatoms. The zero-order chi connectivity index (χ0) is 15.7. The zero-order valence-electron chi connectivity index (χ0n) is 12.3. The van der Waals surface area contributed by atoms with Gasteiger partial charge in [0.25, 0.3) is 0 Å². The van der Waals surface area contributed by atoms with Crippen molar-refractivity contribution in [3.63, 3.8) is 0 Å². The minimum Gasteiger partial charge on any atom is -0.325 e. The summed E-state index contributed by atoms with van der Waals surface area (Å²) < 4.78 is 0. The summed E-state index contributed by atoms with van der Waals surface area (Å²) in [7, 11) is 0. The van der Waals surface area contributed by atoms with Crippen molar-refractivity contribution in [2.75, 3.05) is 5.32 Å². The Bertz CT molecular complexity index is 529. The molecule has 0 aliphatic rings. The molecule has 1 aromatic rings. The predicted molar refractivity (Wildman–Crippen MR) is 85.5 cm³/mol. The van der Waals surface area contributed by atoms with Crippen LogP contribution in [-0.2, 0) is 9.59 Å². The molecule has 0 heterocycles. The van der Waals surface area contributed by atoms with E-state index in [9.17, 15) is 9.59 Å². The first kappa shape index (κ1) is 17.2. The fourth-order valence-electron chi connectivity index (χ4n) is 1.63. The summed E-state index contributed by atoms with van der Waals surface area (Å²) in [6, 6.07) is 6.95. The van der Waals surface area contributed by atoms with Crippen molar-refractivity contribution in [1.82, 2.24) is 5.43 Å². The van der Waals surface area contributed by atoms with Crippen molar-refractivity contribution in [2.24, 2.45) is 5.10 Å². The molecule has 0 unspecified atom stereocenters. The number of para-hydroxylation sites is 1. The third kappa shape index (κ3) is 6.90. The zero-order valence-corrected chi connectivity index (χ0v) is 13.0. The first-order chi connectivity index (χ1) is 10.0. The lowest BCUT2D eigenvalue weighted by Gasteiger charge is -2.06. The molecule has 5 nitrogen and oxygen atoms in total. The summed E-state index contributed by atoms with van der Waals surface area (Å²) in [4.78, 5) is 23.3. The summed E-state index contributed by atoms with van der Waals surface area (Å²) in [6.07, 6.45) is 1.98. The molecule has 21 heavy (non-hydrogen) atoms. The molecular weight excluding hydrogens is 290 g/mol. The van der Waals surface area contributed by atoms with Crippen LogP contribution < -0.4 is 10.7 Å². The van der Waals surface area contributed by atoms with Crippen LogP contribution in [0.25, 0.3) is 0 Å². The van der Waals surface area contributed by atoms with Gasteiger partial charge in [-0.15, -0.1) is 0 Å². The number of hydrogen-bond donors (Lipinski definition) is 2. The van der Waals surface area contributed by atoms with Gasteiger partial charge in [-0.2, -0.15) is 5.10 Å². The van der Waals surface area contributed by atoms with E-state index < -0.39 is 0 Å². The molecular formula is C15H20ClN3O2. The molecule has 2 N–H and O–H groups in total. The number of hydrogen-bond acceptors (Lipinski definition) is 3. The fourth-order valence-corrected chi connectivity index (χ4v) is 1.82. The van der Waals surface area contributed by atoms with Crippen molar-refractivity contribution >= 4 is 34.8 Å². The quantitative estimate of drug-likeness (QED) is 0.599. The van der Waals surface area contributed by atoms with Gasteiger partial charge in [0.15, 0.2) is 0 Å². The second-order valence-corrected chi connectivity index (χ2v) is 5.07. The predicted octanol–water partition coefficient (Wildman–Crippen LogP) is 3.35. The Hall–Kier alpha value is -1.88. The summed E-state index contributed by atoms with van der Waals surface area (Å²) >= 11 is 5.93. The minimum absolute atomic E-state index is 0.0825. The molecule has 1 rings (SSSR count). The number of hydrazone groups is 1. The normalized spacial score (nSPS) is 11.1.